The molecule has 3 rings (SSSR count). The molecule has 21 heavy (non-hydrogen) atoms. The van der Waals surface area contributed by atoms with Crippen molar-refractivity contribution in [1.29, 1.82) is 0 Å². The standard InChI is InChI=1S/C14H20N4O3/c1-20-13(19)11-3-2-6-18(11)12-4-5-15-14(16-12)17-7-9-21-10-8-17/h4-5,11H,2-3,6-10H2,1H3/t11-/m1/s1. The molecule has 0 spiro atoms. The van der Waals surface area contributed by atoms with Crippen LogP contribution >= 0.6 is 0 Å². The summed E-state index contributed by atoms with van der Waals surface area (Å²) in [5.74, 6) is 1.30. The summed E-state index contributed by atoms with van der Waals surface area (Å²) in [5, 5.41) is 0. The zero-order chi connectivity index (χ0) is 14.7. The molecule has 0 N–H and O–H groups in total. The quantitative estimate of drug-likeness (QED) is 0.749. The van der Waals surface area contributed by atoms with Gasteiger partial charge in [-0.05, 0) is 18.9 Å². The number of methoxy groups -OCH3 is 1. The lowest BCUT2D eigenvalue weighted by Gasteiger charge is -2.28. The van der Waals surface area contributed by atoms with Gasteiger partial charge in [-0.2, -0.15) is 4.98 Å². The minimum atomic E-state index is -0.234. The zero-order valence-electron chi connectivity index (χ0n) is 12.2. The van der Waals surface area contributed by atoms with Crippen LogP contribution in [0.2, 0.25) is 0 Å². The summed E-state index contributed by atoms with van der Waals surface area (Å²) in [6.07, 6.45) is 3.53. The number of hydrogen-bond acceptors (Lipinski definition) is 7. The molecule has 2 saturated heterocycles. The third-order valence-corrected chi connectivity index (χ3v) is 3.94. The molecule has 0 unspecified atom stereocenters. The van der Waals surface area contributed by atoms with Crippen molar-refractivity contribution in [2.45, 2.75) is 18.9 Å². The van der Waals surface area contributed by atoms with Crippen LogP contribution in [0, 0.1) is 0 Å². The van der Waals surface area contributed by atoms with Gasteiger partial charge < -0.3 is 19.3 Å². The third kappa shape index (κ3) is 2.92. The zero-order valence-corrected chi connectivity index (χ0v) is 12.2. The van der Waals surface area contributed by atoms with Gasteiger partial charge in [0, 0.05) is 25.8 Å². The van der Waals surface area contributed by atoms with Crippen LogP contribution in [0.1, 0.15) is 12.8 Å². The van der Waals surface area contributed by atoms with Crippen LogP contribution in [0.15, 0.2) is 12.3 Å². The van der Waals surface area contributed by atoms with Crippen molar-refractivity contribution in [3.05, 3.63) is 12.3 Å². The van der Waals surface area contributed by atoms with Crippen molar-refractivity contribution >= 4 is 17.7 Å². The molecule has 0 radical (unpaired) electrons. The summed E-state index contributed by atoms with van der Waals surface area (Å²) >= 11 is 0. The topological polar surface area (TPSA) is 67.8 Å². The Morgan fingerprint density at radius 2 is 2.19 bits per heavy atom. The third-order valence-electron chi connectivity index (χ3n) is 3.94. The molecule has 3 heterocycles. The van der Waals surface area contributed by atoms with Gasteiger partial charge in [-0.15, -0.1) is 0 Å². The summed E-state index contributed by atoms with van der Waals surface area (Å²) < 4.78 is 10.2. The molecule has 0 bridgehead atoms. The van der Waals surface area contributed by atoms with E-state index in [0.29, 0.717) is 19.2 Å². The van der Waals surface area contributed by atoms with Gasteiger partial charge in [0.15, 0.2) is 0 Å². The summed E-state index contributed by atoms with van der Waals surface area (Å²) in [6.45, 7) is 3.80. The van der Waals surface area contributed by atoms with Crippen molar-refractivity contribution in [1.82, 2.24) is 9.97 Å². The van der Waals surface area contributed by atoms with Crippen LogP contribution in [0.4, 0.5) is 11.8 Å². The summed E-state index contributed by atoms with van der Waals surface area (Å²) in [4.78, 5) is 24.9. The summed E-state index contributed by atoms with van der Waals surface area (Å²) in [7, 11) is 1.43. The second-order valence-corrected chi connectivity index (χ2v) is 5.19. The van der Waals surface area contributed by atoms with Crippen LogP contribution in [-0.2, 0) is 14.3 Å². The molecule has 0 amide bonds. The van der Waals surface area contributed by atoms with E-state index in [4.69, 9.17) is 9.47 Å². The number of carbonyl (C=O) groups is 1. The number of aromatic nitrogens is 2. The van der Waals surface area contributed by atoms with E-state index in [1.165, 1.54) is 7.11 Å². The van der Waals surface area contributed by atoms with Crippen molar-refractivity contribution in [3.8, 4) is 0 Å². The highest BCUT2D eigenvalue weighted by Gasteiger charge is 2.32. The fraction of sp³-hybridized carbons (Fsp3) is 0.643. The maximum absolute atomic E-state index is 11.9. The minimum absolute atomic E-state index is 0.195. The Morgan fingerprint density at radius 1 is 1.38 bits per heavy atom. The highest BCUT2D eigenvalue weighted by Crippen LogP contribution is 2.25. The van der Waals surface area contributed by atoms with Gasteiger partial charge in [-0.25, -0.2) is 9.78 Å². The van der Waals surface area contributed by atoms with E-state index in [-0.39, 0.29) is 12.0 Å². The molecule has 0 aromatic carbocycles. The Kier molecular flexibility index (Phi) is 4.19. The fourth-order valence-corrected chi connectivity index (χ4v) is 2.84. The SMILES string of the molecule is COC(=O)[C@H]1CCCN1c1ccnc(N2CCOCC2)n1. The average molecular weight is 292 g/mol. The Bertz CT molecular complexity index is 505. The number of carbonyl (C=O) groups excluding carboxylic acids is 1. The first-order chi connectivity index (χ1) is 10.3. The second kappa shape index (κ2) is 6.26. The van der Waals surface area contributed by atoms with E-state index in [9.17, 15) is 4.79 Å². The van der Waals surface area contributed by atoms with E-state index in [2.05, 4.69) is 14.9 Å². The normalized spacial score (nSPS) is 22.4. The Labute approximate surface area is 123 Å². The first-order valence-electron chi connectivity index (χ1n) is 7.30. The van der Waals surface area contributed by atoms with Crippen LogP contribution in [0.5, 0.6) is 0 Å². The summed E-state index contributed by atoms with van der Waals surface area (Å²) in [5.41, 5.74) is 0. The molecule has 0 aliphatic carbocycles. The maximum atomic E-state index is 11.9. The highest BCUT2D eigenvalue weighted by molar-refractivity contribution is 5.80. The number of ether oxygens (including phenoxy) is 2. The fourth-order valence-electron chi connectivity index (χ4n) is 2.84. The molecule has 2 aliphatic rings. The lowest BCUT2D eigenvalue weighted by Crippen LogP contribution is -2.39. The van der Waals surface area contributed by atoms with Gasteiger partial charge in [0.1, 0.15) is 11.9 Å². The molecule has 2 fully saturated rings. The van der Waals surface area contributed by atoms with E-state index in [0.717, 1.165) is 38.3 Å². The first-order valence-corrected chi connectivity index (χ1v) is 7.30. The monoisotopic (exact) mass is 292 g/mol. The average Bonchev–Trinajstić information content (AvgIpc) is 3.05. The Hall–Kier alpha value is -1.89. The van der Waals surface area contributed by atoms with Gasteiger partial charge >= 0.3 is 5.97 Å². The van der Waals surface area contributed by atoms with Gasteiger partial charge in [0.2, 0.25) is 5.95 Å². The predicted octanol–water partition coefficient (Wildman–Crippen LogP) is 0.455. The lowest BCUT2D eigenvalue weighted by molar-refractivity contribution is -0.141. The van der Waals surface area contributed by atoms with E-state index in [1.54, 1.807) is 6.20 Å². The van der Waals surface area contributed by atoms with Gasteiger partial charge in [0.05, 0.1) is 20.3 Å². The van der Waals surface area contributed by atoms with Gasteiger partial charge in [-0.1, -0.05) is 0 Å². The number of nitrogens with zero attached hydrogens (tertiary/aromatic N) is 4. The number of esters is 1. The number of rotatable bonds is 3. The van der Waals surface area contributed by atoms with Crippen LogP contribution in [0.3, 0.4) is 0 Å². The highest BCUT2D eigenvalue weighted by atomic mass is 16.5. The molecular formula is C14H20N4O3. The number of morpholine rings is 1. The number of hydrogen-bond donors (Lipinski definition) is 0. The van der Waals surface area contributed by atoms with Crippen LogP contribution < -0.4 is 9.80 Å². The van der Waals surface area contributed by atoms with Crippen LogP contribution in [0.25, 0.3) is 0 Å². The second-order valence-electron chi connectivity index (χ2n) is 5.19. The smallest absolute Gasteiger partial charge is 0.328 e. The molecule has 7 nitrogen and oxygen atoms in total. The molecule has 0 saturated carbocycles. The largest absolute Gasteiger partial charge is 0.467 e. The summed E-state index contributed by atoms with van der Waals surface area (Å²) in [6, 6.07) is 1.62. The van der Waals surface area contributed by atoms with Crippen molar-refractivity contribution in [2.75, 3.05) is 49.8 Å². The molecule has 1 atom stereocenters. The first kappa shape index (κ1) is 14.1. The molecule has 2 aliphatic heterocycles. The van der Waals surface area contributed by atoms with Crippen LogP contribution in [-0.4, -0.2) is 61.9 Å². The van der Waals surface area contributed by atoms with Gasteiger partial charge in [0.25, 0.3) is 0 Å². The minimum Gasteiger partial charge on any atom is -0.467 e. The molecule has 1 aromatic rings. The van der Waals surface area contributed by atoms with Crippen molar-refractivity contribution in [2.24, 2.45) is 0 Å². The molecular weight excluding hydrogens is 272 g/mol. The van der Waals surface area contributed by atoms with E-state index >= 15 is 0 Å². The number of anilines is 2. The Morgan fingerprint density at radius 3 is 2.95 bits per heavy atom. The molecule has 1 aromatic heterocycles. The molecule has 7 heteroatoms. The van der Waals surface area contributed by atoms with Crippen molar-refractivity contribution < 1.29 is 14.3 Å². The predicted molar refractivity (Wildman–Crippen MR) is 77.4 cm³/mol. The maximum Gasteiger partial charge on any atom is 0.328 e. The van der Waals surface area contributed by atoms with Gasteiger partial charge in [-0.3, -0.25) is 0 Å². The molecule has 114 valence electrons. The van der Waals surface area contributed by atoms with E-state index in [1.807, 2.05) is 11.0 Å². The van der Waals surface area contributed by atoms with E-state index < -0.39 is 0 Å². The van der Waals surface area contributed by atoms with Crippen molar-refractivity contribution in [3.63, 3.8) is 0 Å². The lowest BCUT2D eigenvalue weighted by atomic mass is 10.2. The Balaban J connectivity index is 1.80.